The summed E-state index contributed by atoms with van der Waals surface area (Å²) in [7, 11) is 0. The van der Waals surface area contributed by atoms with Crippen molar-refractivity contribution in [3.8, 4) is 0 Å². The molecule has 6 nitrogen and oxygen atoms in total. The number of rotatable bonds is 4. The standard InChI is InChI=1S/C21H25N3O3/c1-15-7-17(10-23-9-15)20(25)24-13-21(14-24)8-19(4-6-27-21)26-12-18-11-22-5-3-16(18)2/h3,5,7,9-11,19H,4,6,8,12-14H2,1-2H3/t19-/m1/s1. The van der Waals surface area contributed by atoms with Crippen LogP contribution < -0.4 is 0 Å². The number of amides is 1. The van der Waals surface area contributed by atoms with Gasteiger partial charge in [0.2, 0.25) is 0 Å². The van der Waals surface area contributed by atoms with Crippen LogP contribution in [0, 0.1) is 13.8 Å². The molecular formula is C21H25N3O3. The Hall–Kier alpha value is -2.31. The van der Waals surface area contributed by atoms with E-state index in [0.29, 0.717) is 31.9 Å². The molecule has 2 aromatic heterocycles. The van der Waals surface area contributed by atoms with Gasteiger partial charge in [0.15, 0.2) is 0 Å². The van der Waals surface area contributed by atoms with Crippen LogP contribution in [0.5, 0.6) is 0 Å². The fraction of sp³-hybridized carbons (Fsp3) is 0.476. The van der Waals surface area contributed by atoms with Crippen LogP contribution in [0.1, 0.15) is 39.9 Å². The highest BCUT2D eigenvalue weighted by atomic mass is 16.5. The van der Waals surface area contributed by atoms with E-state index >= 15 is 0 Å². The van der Waals surface area contributed by atoms with Gasteiger partial charge in [0.1, 0.15) is 5.60 Å². The third-order valence-corrected chi connectivity index (χ3v) is 5.44. The summed E-state index contributed by atoms with van der Waals surface area (Å²) in [5.41, 5.74) is 3.68. The molecule has 27 heavy (non-hydrogen) atoms. The molecular weight excluding hydrogens is 342 g/mol. The molecule has 0 unspecified atom stereocenters. The number of hydrogen-bond donors (Lipinski definition) is 0. The first-order chi connectivity index (χ1) is 13.0. The molecule has 0 bridgehead atoms. The smallest absolute Gasteiger partial charge is 0.255 e. The molecule has 2 saturated heterocycles. The summed E-state index contributed by atoms with van der Waals surface area (Å²) >= 11 is 0. The number of carbonyl (C=O) groups excluding carboxylic acids is 1. The number of aromatic nitrogens is 2. The van der Waals surface area contributed by atoms with Gasteiger partial charge in [-0.05, 0) is 49.1 Å². The van der Waals surface area contributed by atoms with Crippen molar-refractivity contribution < 1.29 is 14.3 Å². The zero-order valence-electron chi connectivity index (χ0n) is 15.9. The molecule has 2 fully saturated rings. The third-order valence-electron chi connectivity index (χ3n) is 5.44. The maximum absolute atomic E-state index is 12.6. The van der Waals surface area contributed by atoms with Gasteiger partial charge in [-0.2, -0.15) is 0 Å². The Morgan fingerprint density at radius 1 is 1.30 bits per heavy atom. The van der Waals surface area contributed by atoms with Crippen molar-refractivity contribution in [3.63, 3.8) is 0 Å². The minimum absolute atomic E-state index is 0.0226. The van der Waals surface area contributed by atoms with Crippen LogP contribution in [0.25, 0.3) is 0 Å². The molecule has 1 atom stereocenters. The first kappa shape index (κ1) is 18.1. The average molecular weight is 367 g/mol. The highest BCUT2D eigenvalue weighted by Gasteiger charge is 2.49. The molecule has 6 heteroatoms. The highest BCUT2D eigenvalue weighted by molar-refractivity contribution is 5.94. The summed E-state index contributed by atoms with van der Waals surface area (Å²) in [5.74, 6) is 0.0226. The summed E-state index contributed by atoms with van der Waals surface area (Å²) in [5, 5.41) is 0. The molecule has 2 aliphatic rings. The van der Waals surface area contributed by atoms with Crippen molar-refractivity contribution >= 4 is 5.91 Å². The third kappa shape index (κ3) is 3.87. The number of ether oxygens (including phenoxy) is 2. The van der Waals surface area contributed by atoms with E-state index in [0.717, 1.165) is 24.0 Å². The van der Waals surface area contributed by atoms with Crippen LogP contribution in [0.2, 0.25) is 0 Å². The highest BCUT2D eigenvalue weighted by Crippen LogP contribution is 2.36. The lowest BCUT2D eigenvalue weighted by molar-refractivity contribution is -0.188. The normalized spacial score (nSPS) is 21.1. The summed E-state index contributed by atoms with van der Waals surface area (Å²) in [6, 6.07) is 3.88. The molecule has 0 aliphatic carbocycles. The number of hydrogen-bond acceptors (Lipinski definition) is 5. The second-order valence-corrected chi connectivity index (χ2v) is 7.67. The fourth-order valence-electron chi connectivity index (χ4n) is 3.85. The number of aryl methyl sites for hydroxylation is 2. The molecule has 2 aromatic rings. The van der Waals surface area contributed by atoms with Crippen LogP contribution in [0.15, 0.2) is 36.9 Å². The monoisotopic (exact) mass is 367 g/mol. The van der Waals surface area contributed by atoms with Crippen molar-refractivity contribution in [2.75, 3.05) is 19.7 Å². The second-order valence-electron chi connectivity index (χ2n) is 7.67. The molecule has 0 aromatic carbocycles. The summed E-state index contributed by atoms with van der Waals surface area (Å²) in [6.45, 7) is 6.48. The van der Waals surface area contributed by atoms with E-state index in [-0.39, 0.29) is 17.6 Å². The number of likely N-dealkylation sites (tertiary alicyclic amines) is 1. The van der Waals surface area contributed by atoms with E-state index in [2.05, 4.69) is 16.9 Å². The summed E-state index contributed by atoms with van der Waals surface area (Å²) in [6.07, 6.45) is 8.90. The van der Waals surface area contributed by atoms with Crippen molar-refractivity contribution in [2.24, 2.45) is 0 Å². The van der Waals surface area contributed by atoms with Gasteiger partial charge in [0, 0.05) is 37.8 Å². The van der Waals surface area contributed by atoms with Gasteiger partial charge in [-0.1, -0.05) is 0 Å². The van der Waals surface area contributed by atoms with Crippen LogP contribution >= 0.6 is 0 Å². The first-order valence-electron chi connectivity index (χ1n) is 9.41. The number of carbonyl (C=O) groups is 1. The van der Waals surface area contributed by atoms with Crippen LogP contribution in [0.4, 0.5) is 0 Å². The van der Waals surface area contributed by atoms with Gasteiger partial charge in [0.25, 0.3) is 5.91 Å². The SMILES string of the molecule is Cc1cncc(C(=O)N2CC3(C[C@H](OCc4cnccc4C)CCO3)C2)c1. The number of nitrogens with zero attached hydrogens (tertiary/aromatic N) is 3. The molecule has 1 spiro atoms. The van der Waals surface area contributed by atoms with E-state index in [1.165, 1.54) is 5.56 Å². The second kappa shape index (κ2) is 7.37. The molecule has 2 aliphatic heterocycles. The van der Waals surface area contributed by atoms with Gasteiger partial charge in [-0.25, -0.2) is 0 Å². The van der Waals surface area contributed by atoms with Gasteiger partial charge in [0.05, 0.1) is 31.4 Å². The van der Waals surface area contributed by atoms with E-state index < -0.39 is 0 Å². The Labute approximate surface area is 159 Å². The van der Waals surface area contributed by atoms with Gasteiger partial charge in [-0.3, -0.25) is 14.8 Å². The maximum Gasteiger partial charge on any atom is 0.255 e. The van der Waals surface area contributed by atoms with Gasteiger partial charge >= 0.3 is 0 Å². The number of pyridine rings is 2. The molecule has 0 radical (unpaired) electrons. The molecule has 0 N–H and O–H groups in total. The zero-order valence-corrected chi connectivity index (χ0v) is 15.9. The Morgan fingerprint density at radius 3 is 2.93 bits per heavy atom. The Kier molecular flexibility index (Phi) is 4.93. The summed E-state index contributed by atoms with van der Waals surface area (Å²) < 4.78 is 12.2. The minimum Gasteiger partial charge on any atom is -0.373 e. The summed E-state index contributed by atoms with van der Waals surface area (Å²) in [4.78, 5) is 22.8. The molecule has 1 amide bonds. The van der Waals surface area contributed by atoms with Crippen LogP contribution in [-0.4, -0.2) is 52.2 Å². The van der Waals surface area contributed by atoms with E-state index in [1.54, 1.807) is 18.6 Å². The quantitative estimate of drug-likeness (QED) is 0.831. The molecule has 4 rings (SSSR count). The minimum atomic E-state index is -0.264. The topological polar surface area (TPSA) is 64.6 Å². The largest absolute Gasteiger partial charge is 0.373 e. The average Bonchev–Trinajstić information content (AvgIpc) is 2.65. The van der Waals surface area contributed by atoms with Crippen molar-refractivity contribution in [1.29, 1.82) is 0 Å². The van der Waals surface area contributed by atoms with Crippen LogP contribution in [-0.2, 0) is 16.1 Å². The van der Waals surface area contributed by atoms with Crippen molar-refractivity contribution in [2.45, 2.75) is 45.0 Å². The first-order valence-corrected chi connectivity index (χ1v) is 9.41. The Morgan fingerprint density at radius 2 is 2.15 bits per heavy atom. The predicted octanol–water partition coefficient (Wildman–Crippen LogP) is 2.68. The van der Waals surface area contributed by atoms with Crippen molar-refractivity contribution in [3.05, 3.63) is 59.2 Å². The fourth-order valence-corrected chi connectivity index (χ4v) is 3.85. The lowest BCUT2D eigenvalue weighted by Crippen LogP contribution is -2.67. The maximum atomic E-state index is 12.6. The van der Waals surface area contributed by atoms with Crippen LogP contribution in [0.3, 0.4) is 0 Å². The predicted molar refractivity (Wildman–Crippen MR) is 100 cm³/mol. The van der Waals surface area contributed by atoms with Crippen molar-refractivity contribution in [1.82, 2.24) is 14.9 Å². The zero-order chi connectivity index (χ0) is 18.9. The molecule has 4 heterocycles. The van der Waals surface area contributed by atoms with Gasteiger partial charge < -0.3 is 14.4 Å². The van der Waals surface area contributed by atoms with E-state index in [9.17, 15) is 4.79 Å². The van der Waals surface area contributed by atoms with E-state index in [4.69, 9.17) is 9.47 Å². The lowest BCUT2D eigenvalue weighted by Gasteiger charge is -2.53. The Balaban J connectivity index is 1.33. The lowest BCUT2D eigenvalue weighted by atomic mass is 9.84. The Bertz CT molecular complexity index is 833. The van der Waals surface area contributed by atoms with Gasteiger partial charge in [-0.15, -0.1) is 0 Å². The van der Waals surface area contributed by atoms with E-state index in [1.807, 2.05) is 30.2 Å². The molecule has 0 saturated carbocycles. The molecule has 142 valence electrons.